The van der Waals surface area contributed by atoms with Crippen LogP contribution in [0.1, 0.15) is 12.8 Å². The number of hydrogen-bond acceptors (Lipinski definition) is 6. The van der Waals surface area contributed by atoms with Crippen molar-refractivity contribution in [1.82, 2.24) is 9.97 Å². The number of hydrogen-bond donors (Lipinski definition) is 2. The first-order valence-electron chi connectivity index (χ1n) is 5.98. The predicted molar refractivity (Wildman–Crippen MR) is 74.4 cm³/mol. The first kappa shape index (κ1) is 13.5. The molecule has 1 aliphatic heterocycles. The molecule has 6 nitrogen and oxygen atoms in total. The van der Waals surface area contributed by atoms with E-state index in [2.05, 4.69) is 36.2 Å². The second-order valence-electron chi connectivity index (χ2n) is 4.47. The first-order chi connectivity index (χ1) is 8.72. The van der Waals surface area contributed by atoms with Crippen LogP contribution >= 0.6 is 15.9 Å². The van der Waals surface area contributed by atoms with Gasteiger partial charge in [-0.1, -0.05) is 0 Å². The number of nitrogens with one attached hydrogen (secondary N) is 1. The smallest absolute Gasteiger partial charge is 0.159 e. The minimum Gasteiger partial charge on any atom is -0.381 e. The molecule has 1 aromatic heterocycles. The van der Waals surface area contributed by atoms with Gasteiger partial charge in [0.1, 0.15) is 16.6 Å². The van der Waals surface area contributed by atoms with Crippen LogP contribution in [0.3, 0.4) is 0 Å². The second kappa shape index (κ2) is 6.31. The summed E-state index contributed by atoms with van der Waals surface area (Å²) in [6.45, 7) is 2.63. The van der Waals surface area contributed by atoms with Gasteiger partial charge in [-0.2, -0.15) is 0 Å². The molecule has 7 heteroatoms. The van der Waals surface area contributed by atoms with Gasteiger partial charge in [0, 0.05) is 20.2 Å². The lowest BCUT2D eigenvalue weighted by Crippen LogP contribution is -2.31. The van der Waals surface area contributed by atoms with E-state index in [1.165, 1.54) is 12.7 Å². The van der Waals surface area contributed by atoms with Crippen molar-refractivity contribution >= 4 is 27.6 Å². The van der Waals surface area contributed by atoms with Gasteiger partial charge in [0.15, 0.2) is 5.82 Å². The number of nitrogens with two attached hydrogens (primary N) is 1. The molecule has 1 saturated heterocycles. The van der Waals surface area contributed by atoms with Gasteiger partial charge >= 0.3 is 0 Å². The van der Waals surface area contributed by atoms with E-state index in [0.29, 0.717) is 11.7 Å². The molecule has 2 rings (SSSR count). The molecule has 1 aliphatic rings. The summed E-state index contributed by atoms with van der Waals surface area (Å²) in [5.41, 5.74) is 2.54. The maximum Gasteiger partial charge on any atom is 0.159 e. The normalized spacial score (nSPS) is 19.6. The average Bonchev–Trinajstić information content (AvgIpc) is 2.40. The molecule has 1 fully saturated rings. The van der Waals surface area contributed by atoms with E-state index < -0.39 is 0 Å². The van der Waals surface area contributed by atoms with Crippen LogP contribution in [0.5, 0.6) is 0 Å². The average molecular weight is 316 g/mol. The third-order valence-electron chi connectivity index (χ3n) is 3.06. The van der Waals surface area contributed by atoms with E-state index in [4.69, 9.17) is 10.6 Å². The Balaban J connectivity index is 2.05. The van der Waals surface area contributed by atoms with E-state index in [0.717, 1.165) is 36.5 Å². The fourth-order valence-electron chi connectivity index (χ4n) is 2.15. The Labute approximate surface area is 115 Å². The number of hydrazine groups is 1. The highest BCUT2D eigenvalue weighted by Gasteiger charge is 2.19. The van der Waals surface area contributed by atoms with Gasteiger partial charge in [0.25, 0.3) is 0 Å². The molecule has 0 aromatic carbocycles. The number of anilines is 2. The number of aromatic nitrogens is 2. The van der Waals surface area contributed by atoms with Crippen LogP contribution in [0.2, 0.25) is 0 Å². The Kier molecular flexibility index (Phi) is 4.73. The lowest BCUT2D eigenvalue weighted by Gasteiger charge is -2.28. The molecule has 2 heterocycles. The molecule has 1 unspecified atom stereocenters. The van der Waals surface area contributed by atoms with Gasteiger partial charge in [-0.05, 0) is 34.7 Å². The molecular formula is C11H18BrN5O. The highest BCUT2D eigenvalue weighted by molar-refractivity contribution is 9.10. The van der Waals surface area contributed by atoms with Crippen molar-refractivity contribution < 1.29 is 4.74 Å². The lowest BCUT2D eigenvalue weighted by molar-refractivity contribution is 0.0576. The van der Waals surface area contributed by atoms with Crippen LogP contribution in [-0.2, 0) is 4.74 Å². The van der Waals surface area contributed by atoms with Gasteiger partial charge in [-0.25, -0.2) is 15.8 Å². The summed E-state index contributed by atoms with van der Waals surface area (Å²) >= 11 is 3.47. The van der Waals surface area contributed by atoms with Crippen molar-refractivity contribution in [3.63, 3.8) is 0 Å². The molecule has 1 aromatic rings. The van der Waals surface area contributed by atoms with Crippen LogP contribution in [0, 0.1) is 5.92 Å². The number of halogens is 1. The van der Waals surface area contributed by atoms with Crippen molar-refractivity contribution in [2.75, 3.05) is 37.1 Å². The summed E-state index contributed by atoms with van der Waals surface area (Å²) in [5, 5.41) is 0. The minimum atomic E-state index is 0.555. The summed E-state index contributed by atoms with van der Waals surface area (Å²) < 4.78 is 6.27. The van der Waals surface area contributed by atoms with E-state index in [1.807, 2.05) is 7.05 Å². The van der Waals surface area contributed by atoms with Crippen molar-refractivity contribution in [3.8, 4) is 0 Å². The van der Waals surface area contributed by atoms with Crippen molar-refractivity contribution in [3.05, 3.63) is 10.8 Å². The Bertz CT molecular complexity index is 397. The maximum atomic E-state index is 5.49. The van der Waals surface area contributed by atoms with Gasteiger partial charge in [0.2, 0.25) is 0 Å². The predicted octanol–water partition coefficient (Wildman–Crippen LogP) is 1.39. The van der Waals surface area contributed by atoms with Crippen LogP contribution in [0.25, 0.3) is 0 Å². The highest BCUT2D eigenvalue weighted by Crippen LogP contribution is 2.29. The Morgan fingerprint density at radius 1 is 1.61 bits per heavy atom. The maximum absolute atomic E-state index is 5.49. The summed E-state index contributed by atoms with van der Waals surface area (Å²) in [6, 6.07) is 0. The number of ether oxygens (including phenoxy) is 1. The molecule has 18 heavy (non-hydrogen) atoms. The van der Waals surface area contributed by atoms with Crippen LogP contribution in [-0.4, -0.2) is 36.8 Å². The van der Waals surface area contributed by atoms with Crippen molar-refractivity contribution in [1.29, 1.82) is 0 Å². The van der Waals surface area contributed by atoms with Gasteiger partial charge in [0.05, 0.1) is 6.61 Å². The van der Waals surface area contributed by atoms with Gasteiger partial charge in [-0.3, -0.25) is 0 Å². The van der Waals surface area contributed by atoms with E-state index in [1.54, 1.807) is 0 Å². The molecular weight excluding hydrogens is 298 g/mol. The van der Waals surface area contributed by atoms with Crippen LogP contribution in [0.4, 0.5) is 11.6 Å². The number of nitrogen functional groups attached to an aromatic ring is 1. The summed E-state index contributed by atoms with van der Waals surface area (Å²) in [6.07, 6.45) is 3.84. The summed E-state index contributed by atoms with van der Waals surface area (Å²) in [5.74, 6) is 7.38. The molecule has 0 radical (unpaired) electrons. The van der Waals surface area contributed by atoms with E-state index in [9.17, 15) is 0 Å². The standard InChI is InChI=1S/C11H18BrN5O/c1-17(5-8-3-2-4-18-6-8)11-9(12)10(16-13)14-7-15-11/h7-8H,2-6,13H2,1H3,(H,14,15,16). The van der Waals surface area contributed by atoms with E-state index in [-0.39, 0.29) is 0 Å². The van der Waals surface area contributed by atoms with E-state index >= 15 is 0 Å². The van der Waals surface area contributed by atoms with Crippen LogP contribution < -0.4 is 16.2 Å². The Hall–Kier alpha value is -0.920. The quantitative estimate of drug-likeness (QED) is 0.646. The van der Waals surface area contributed by atoms with Gasteiger partial charge < -0.3 is 15.1 Å². The zero-order chi connectivity index (χ0) is 13.0. The molecule has 0 saturated carbocycles. The van der Waals surface area contributed by atoms with Crippen molar-refractivity contribution in [2.45, 2.75) is 12.8 Å². The molecule has 3 N–H and O–H groups in total. The zero-order valence-electron chi connectivity index (χ0n) is 10.4. The minimum absolute atomic E-state index is 0.555. The third kappa shape index (κ3) is 3.09. The molecule has 0 aliphatic carbocycles. The zero-order valence-corrected chi connectivity index (χ0v) is 12.0. The number of rotatable bonds is 4. The highest BCUT2D eigenvalue weighted by atomic mass is 79.9. The SMILES string of the molecule is CN(CC1CCCOC1)c1ncnc(NN)c1Br. The van der Waals surface area contributed by atoms with Crippen LogP contribution in [0.15, 0.2) is 10.8 Å². The third-order valence-corrected chi connectivity index (χ3v) is 3.79. The summed E-state index contributed by atoms with van der Waals surface area (Å²) in [4.78, 5) is 10.4. The van der Waals surface area contributed by atoms with Gasteiger partial charge in [-0.15, -0.1) is 0 Å². The Morgan fingerprint density at radius 3 is 3.11 bits per heavy atom. The largest absolute Gasteiger partial charge is 0.381 e. The monoisotopic (exact) mass is 315 g/mol. The topological polar surface area (TPSA) is 76.3 Å². The molecule has 0 bridgehead atoms. The Morgan fingerprint density at radius 2 is 2.44 bits per heavy atom. The lowest BCUT2D eigenvalue weighted by atomic mass is 10.0. The number of nitrogens with zero attached hydrogens (tertiary/aromatic N) is 3. The molecule has 0 amide bonds. The molecule has 1 atom stereocenters. The first-order valence-corrected chi connectivity index (χ1v) is 6.77. The fourth-order valence-corrected chi connectivity index (χ4v) is 2.77. The second-order valence-corrected chi connectivity index (χ2v) is 5.26. The molecule has 0 spiro atoms. The van der Waals surface area contributed by atoms with Crippen molar-refractivity contribution in [2.24, 2.45) is 11.8 Å². The summed E-state index contributed by atoms with van der Waals surface area (Å²) in [7, 11) is 2.02. The fraction of sp³-hybridized carbons (Fsp3) is 0.636. The molecule has 100 valence electrons.